The fourth-order valence-corrected chi connectivity index (χ4v) is 6.84. The summed E-state index contributed by atoms with van der Waals surface area (Å²) in [7, 11) is 0. The Kier molecular flexibility index (Phi) is 18.9. The second kappa shape index (κ2) is 24.5. The first-order valence-electron chi connectivity index (χ1n) is 18.9. The lowest BCUT2D eigenvalue weighted by atomic mass is 10.0. The topological polar surface area (TPSA) is 227 Å². The molecule has 7 rings (SSSR count). The van der Waals surface area contributed by atoms with Gasteiger partial charge in [-0.2, -0.15) is 0 Å². The second-order valence-corrected chi connectivity index (χ2v) is 16.5. The minimum Gasteiger partial charge on any atom is -0.506 e. The van der Waals surface area contributed by atoms with Crippen LogP contribution in [-0.4, -0.2) is 38.3 Å². The average Bonchev–Trinajstić information content (AvgIpc) is 3.31. The minimum atomic E-state index is -0.736. The number of nitrogens with one attached hydrogen (secondary N) is 6. The van der Waals surface area contributed by atoms with Gasteiger partial charge in [0.05, 0.1) is 69.2 Å². The van der Waals surface area contributed by atoms with E-state index in [0.717, 1.165) is 29.3 Å². The number of nitro groups is 1. The van der Waals surface area contributed by atoms with Crippen molar-refractivity contribution in [3.8, 4) is 28.4 Å². The number of nitrogens with zero attached hydrogens (tertiary/aromatic N) is 1. The van der Waals surface area contributed by atoms with Crippen molar-refractivity contribution in [2.24, 2.45) is 0 Å². The molecule has 0 spiro atoms. The first-order chi connectivity index (χ1) is 32.3. The SMILES string of the molecule is O=C(Nc1cc([N+](=O)[O-])ccc1O)Nc1cccc(Cl)c1Cl.O=C(Nc1ccc(Cl)c(Cl)c1O)Nc1cccc(Cl)c1Cl.O=C(Nc1ccccc1-c1ccccc1)Nc1ccc(Cl)c(Cl)c1O. The first kappa shape index (κ1) is 52.4. The summed E-state index contributed by atoms with van der Waals surface area (Å²) >= 11 is 46.8. The van der Waals surface area contributed by atoms with Crippen LogP contribution in [0.25, 0.3) is 11.1 Å². The van der Waals surface area contributed by atoms with Crippen molar-refractivity contribution in [2.45, 2.75) is 0 Å². The summed E-state index contributed by atoms with van der Waals surface area (Å²) in [6, 6.07) is 33.9. The molecule has 6 amide bonds. The number of non-ortho nitro benzene ring substituents is 1. The monoisotopic (exact) mass is 1080 g/mol. The highest BCUT2D eigenvalue weighted by Gasteiger charge is 2.17. The van der Waals surface area contributed by atoms with Crippen LogP contribution >= 0.6 is 92.8 Å². The van der Waals surface area contributed by atoms with Crippen molar-refractivity contribution < 1.29 is 34.6 Å². The molecule has 0 aliphatic carbocycles. The number of anilines is 6. The summed E-state index contributed by atoms with van der Waals surface area (Å²) in [6.07, 6.45) is 0. The van der Waals surface area contributed by atoms with Crippen LogP contribution in [0.1, 0.15) is 0 Å². The van der Waals surface area contributed by atoms with E-state index in [4.69, 9.17) is 92.8 Å². The first-order valence-corrected chi connectivity index (χ1v) is 21.9. The van der Waals surface area contributed by atoms with E-state index in [2.05, 4.69) is 31.9 Å². The Morgan fingerprint density at radius 3 is 1.29 bits per heavy atom. The summed E-state index contributed by atoms with van der Waals surface area (Å²) in [5.41, 5.74) is 3.01. The molecule has 7 aromatic rings. The van der Waals surface area contributed by atoms with E-state index in [-0.39, 0.29) is 80.8 Å². The number of halogens is 8. The standard InChI is InChI=1S/C19H14Cl2N2O2.C13H8Cl4N2O2.C13H9Cl2N3O4/c20-14-10-11-16(18(24)17(14)21)23-19(25)22-15-9-5-4-8-13(15)12-6-2-1-3-7-12;14-6-2-1-3-8(10(6)16)18-13(21)19-9-5-4-7(15)11(17)12(9)20;14-8-2-1-3-9(12(8)15)16-13(20)17-10-6-7(18(21)22)4-5-11(10)19/h1-11,24H,(H2,22,23,25);1-5,20H,(H2,18,19,21);1-6,19H,(H2,16,17,20). The molecule has 9 N–H and O–H groups in total. The number of amides is 6. The van der Waals surface area contributed by atoms with Crippen molar-refractivity contribution >= 4 is 151 Å². The number of phenols is 3. The predicted molar refractivity (Wildman–Crippen MR) is 274 cm³/mol. The van der Waals surface area contributed by atoms with Crippen LogP contribution in [0.3, 0.4) is 0 Å². The van der Waals surface area contributed by atoms with Crippen LogP contribution in [0.2, 0.25) is 40.2 Å². The Hall–Kier alpha value is -6.53. The number of aromatic hydroxyl groups is 3. The Morgan fingerprint density at radius 1 is 0.412 bits per heavy atom. The number of carbonyl (C=O) groups excluding carboxylic acids is 3. The molecular formula is C45H31Cl8N7O8. The number of hydrogen-bond donors (Lipinski definition) is 9. The maximum absolute atomic E-state index is 12.3. The number of urea groups is 3. The zero-order valence-corrected chi connectivity index (χ0v) is 40.1. The minimum absolute atomic E-state index is 0.0100. The lowest BCUT2D eigenvalue weighted by Gasteiger charge is -2.13. The van der Waals surface area contributed by atoms with Crippen LogP contribution in [0.15, 0.2) is 133 Å². The third-order valence-electron chi connectivity index (χ3n) is 8.73. The highest BCUT2D eigenvalue weighted by molar-refractivity contribution is 6.45. The van der Waals surface area contributed by atoms with Gasteiger partial charge >= 0.3 is 18.1 Å². The van der Waals surface area contributed by atoms with Gasteiger partial charge in [0.15, 0.2) is 11.5 Å². The largest absolute Gasteiger partial charge is 0.506 e. The molecule has 7 aromatic carbocycles. The number of hydrogen-bond acceptors (Lipinski definition) is 8. The summed E-state index contributed by atoms with van der Waals surface area (Å²) < 4.78 is 0. The van der Waals surface area contributed by atoms with Gasteiger partial charge in [-0.25, -0.2) is 14.4 Å². The molecular weight excluding hydrogens is 1050 g/mol. The van der Waals surface area contributed by atoms with Crippen molar-refractivity contribution in [3.05, 3.63) is 184 Å². The molecule has 0 saturated heterocycles. The van der Waals surface area contributed by atoms with Gasteiger partial charge in [0.2, 0.25) is 0 Å². The molecule has 0 fully saturated rings. The average molecular weight is 1080 g/mol. The zero-order valence-electron chi connectivity index (χ0n) is 34.1. The molecule has 0 aliphatic rings. The third kappa shape index (κ3) is 14.2. The molecule has 0 atom stereocenters. The zero-order chi connectivity index (χ0) is 49.7. The van der Waals surface area contributed by atoms with Gasteiger partial charge < -0.3 is 47.2 Å². The summed E-state index contributed by atoms with van der Waals surface area (Å²) in [4.78, 5) is 46.1. The summed E-state index contributed by atoms with van der Waals surface area (Å²) in [6.45, 7) is 0. The Balaban J connectivity index is 0.000000192. The second-order valence-electron chi connectivity index (χ2n) is 13.3. The van der Waals surface area contributed by atoms with E-state index in [0.29, 0.717) is 16.4 Å². The lowest BCUT2D eigenvalue weighted by molar-refractivity contribution is -0.384. The lowest BCUT2D eigenvalue weighted by Crippen LogP contribution is -2.20. The van der Waals surface area contributed by atoms with Gasteiger partial charge in [0, 0.05) is 17.7 Å². The highest BCUT2D eigenvalue weighted by atomic mass is 35.5. The molecule has 350 valence electrons. The van der Waals surface area contributed by atoms with Crippen LogP contribution in [0.4, 0.5) is 54.2 Å². The fraction of sp³-hybridized carbons (Fsp3) is 0. The van der Waals surface area contributed by atoms with Crippen LogP contribution in [0, 0.1) is 10.1 Å². The normalized spacial score (nSPS) is 10.2. The van der Waals surface area contributed by atoms with Crippen LogP contribution < -0.4 is 31.9 Å². The van der Waals surface area contributed by atoms with Crippen molar-refractivity contribution in [1.82, 2.24) is 0 Å². The molecule has 0 aliphatic heterocycles. The summed E-state index contributed by atoms with van der Waals surface area (Å²) in [5.74, 6) is -0.907. The van der Waals surface area contributed by atoms with Crippen molar-refractivity contribution in [1.29, 1.82) is 0 Å². The maximum Gasteiger partial charge on any atom is 0.323 e. The van der Waals surface area contributed by atoms with Gasteiger partial charge in [-0.1, -0.05) is 153 Å². The van der Waals surface area contributed by atoms with Crippen LogP contribution in [0.5, 0.6) is 17.2 Å². The fourth-order valence-electron chi connectivity index (χ4n) is 5.51. The Labute approximate surface area is 426 Å². The van der Waals surface area contributed by atoms with Gasteiger partial charge in [0.1, 0.15) is 15.8 Å². The van der Waals surface area contributed by atoms with Crippen LogP contribution in [-0.2, 0) is 0 Å². The molecule has 23 heteroatoms. The number of phenolic OH excluding ortho intramolecular Hbond substituents is 3. The molecule has 15 nitrogen and oxygen atoms in total. The molecule has 0 radical (unpaired) electrons. The van der Waals surface area contributed by atoms with E-state index in [1.807, 2.05) is 48.5 Å². The van der Waals surface area contributed by atoms with E-state index in [1.165, 1.54) is 30.3 Å². The molecule has 0 heterocycles. The van der Waals surface area contributed by atoms with E-state index >= 15 is 0 Å². The number of carbonyl (C=O) groups is 3. The number of para-hydroxylation sites is 1. The van der Waals surface area contributed by atoms with Crippen molar-refractivity contribution in [3.63, 3.8) is 0 Å². The molecule has 0 saturated carbocycles. The number of rotatable bonds is 8. The highest BCUT2D eigenvalue weighted by Crippen LogP contribution is 2.39. The van der Waals surface area contributed by atoms with Gasteiger partial charge in [-0.05, 0) is 66.2 Å². The summed E-state index contributed by atoms with van der Waals surface area (Å²) in [5, 5.41) is 56.3. The van der Waals surface area contributed by atoms with E-state index in [9.17, 15) is 39.8 Å². The maximum atomic E-state index is 12.3. The molecule has 0 bridgehead atoms. The van der Waals surface area contributed by atoms with Crippen molar-refractivity contribution in [2.75, 3.05) is 31.9 Å². The Morgan fingerprint density at radius 2 is 0.809 bits per heavy atom. The van der Waals surface area contributed by atoms with E-state index < -0.39 is 23.0 Å². The van der Waals surface area contributed by atoms with Gasteiger partial charge in [-0.3, -0.25) is 10.1 Å². The van der Waals surface area contributed by atoms with E-state index in [1.54, 1.807) is 36.4 Å². The van der Waals surface area contributed by atoms with Gasteiger partial charge in [0.25, 0.3) is 5.69 Å². The van der Waals surface area contributed by atoms with Gasteiger partial charge in [-0.15, -0.1) is 0 Å². The Bertz CT molecular complexity index is 3010. The molecule has 68 heavy (non-hydrogen) atoms. The predicted octanol–water partition coefficient (Wildman–Crippen LogP) is 15.9. The smallest absolute Gasteiger partial charge is 0.323 e. The number of benzene rings is 7. The number of nitro benzene ring substituents is 1. The quantitative estimate of drug-likeness (QED) is 0.0403. The third-order valence-corrected chi connectivity index (χ3v) is 12.0. The molecule has 0 aromatic heterocycles. The molecule has 0 unspecified atom stereocenters.